The number of carboxylic acids is 2. The standard InChI is InChI=1S/C4H6O6S.2Ag/c5-3(6)1-11(9,10)2-4(7)8;;/h1-2H2,(H,5,6)(H,7,8);;. The first-order chi connectivity index (χ1) is 4.83. The molecule has 0 aliphatic carbocycles. The van der Waals surface area contributed by atoms with E-state index in [2.05, 4.69) is 0 Å². The van der Waals surface area contributed by atoms with Gasteiger partial charge in [0.25, 0.3) is 0 Å². The fourth-order valence-corrected chi connectivity index (χ4v) is 1.28. The van der Waals surface area contributed by atoms with Crippen molar-refractivity contribution in [2.75, 3.05) is 11.5 Å². The summed E-state index contributed by atoms with van der Waals surface area (Å²) in [5, 5.41) is 16.0. The molecule has 0 aromatic heterocycles. The van der Waals surface area contributed by atoms with Gasteiger partial charge >= 0.3 is 11.9 Å². The topological polar surface area (TPSA) is 109 Å². The average Bonchev–Trinajstić information content (AvgIpc) is 1.53. The fraction of sp³-hybridized carbons (Fsp3) is 0.500. The summed E-state index contributed by atoms with van der Waals surface area (Å²) in [5.74, 6) is -5.38. The smallest absolute Gasteiger partial charge is 0.318 e. The van der Waals surface area contributed by atoms with Crippen molar-refractivity contribution in [2.45, 2.75) is 0 Å². The molecule has 0 spiro atoms. The first-order valence-corrected chi connectivity index (χ1v) is 4.29. The van der Waals surface area contributed by atoms with E-state index in [1.54, 1.807) is 0 Å². The molecule has 0 saturated heterocycles. The molecule has 6 nitrogen and oxygen atoms in total. The van der Waals surface area contributed by atoms with Crippen LogP contribution in [-0.2, 0) is 64.2 Å². The van der Waals surface area contributed by atoms with Crippen molar-refractivity contribution in [1.82, 2.24) is 0 Å². The summed E-state index contributed by atoms with van der Waals surface area (Å²) >= 11 is 0. The Bertz CT molecular complexity index is 248. The van der Waals surface area contributed by atoms with Crippen molar-refractivity contribution in [3.63, 3.8) is 0 Å². The van der Waals surface area contributed by atoms with Crippen molar-refractivity contribution in [2.24, 2.45) is 0 Å². The maximum Gasteiger partial charge on any atom is 0.318 e. The van der Waals surface area contributed by atoms with Crippen LogP contribution in [0, 0.1) is 0 Å². The van der Waals surface area contributed by atoms with Crippen LogP contribution in [-0.4, -0.2) is 42.1 Å². The molecular weight excluding hydrogens is 392 g/mol. The summed E-state index contributed by atoms with van der Waals surface area (Å²) in [6.07, 6.45) is 0. The number of hydrogen-bond acceptors (Lipinski definition) is 4. The van der Waals surface area contributed by atoms with Crippen molar-refractivity contribution < 1.29 is 73.0 Å². The van der Waals surface area contributed by atoms with E-state index in [4.69, 9.17) is 10.2 Å². The molecule has 2 N–H and O–H groups in total. The molecule has 0 amide bonds. The Labute approximate surface area is 106 Å². The van der Waals surface area contributed by atoms with Gasteiger partial charge in [0.1, 0.15) is 11.5 Å². The van der Waals surface area contributed by atoms with Crippen LogP contribution in [0.2, 0.25) is 0 Å². The molecule has 0 atom stereocenters. The quantitative estimate of drug-likeness (QED) is 0.563. The minimum Gasteiger partial charge on any atom is -0.480 e. The number of sulfone groups is 1. The van der Waals surface area contributed by atoms with E-state index in [1.807, 2.05) is 0 Å². The Hall–Kier alpha value is 0.371. The van der Waals surface area contributed by atoms with Crippen molar-refractivity contribution in [3.8, 4) is 0 Å². The van der Waals surface area contributed by atoms with Crippen LogP contribution in [0.15, 0.2) is 0 Å². The SMILES string of the molecule is O=C(O)CS(=O)(=O)CC(=O)O.[Ag].[Ag]. The zero-order valence-electron chi connectivity index (χ0n) is 5.95. The second-order valence-electron chi connectivity index (χ2n) is 1.82. The zero-order valence-corrected chi connectivity index (χ0v) is 9.73. The summed E-state index contributed by atoms with van der Waals surface area (Å²) in [7, 11) is -3.98. The van der Waals surface area contributed by atoms with E-state index in [0.717, 1.165) is 0 Å². The molecule has 0 aromatic carbocycles. The van der Waals surface area contributed by atoms with Crippen LogP contribution in [0.3, 0.4) is 0 Å². The van der Waals surface area contributed by atoms with Crippen LogP contribution in [0.25, 0.3) is 0 Å². The summed E-state index contributed by atoms with van der Waals surface area (Å²) in [4.78, 5) is 19.6. The summed E-state index contributed by atoms with van der Waals surface area (Å²) in [6.45, 7) is 0. The maximum absolute atomic E-state index is 10.5. The fourth-order valence-electron chi connectivity index (χ4n) is 0.427. The summed E-state index contributed by atoms with van der Waals surface area (Å²) in [5.41, 5.74) is 0. The summed E-state index contributed by atoms with van der Waals surface area (Å²) in [6, 6.07) is 0. The molecule has 9 heteroatoms. The van der Waals surface area contributed by atoms with Gasteiger partial charge in [0.05, 0.1) is 0 Å². The molecule has 0 bridgehead atoms. The number of carboxylic acid groups (broad SMARTS) is 2. The largest absolute Gasteiger partial charge is 0.480 e. The molecule has 0 aromatic rings. The second-order valence-corrected chi connectivity index (χ2v) is 3.88. The van der Waals surface area contributed by atoms with Gasteiger partial charge in [-0.3, -0.25) is 9.59 Å². The third kappa shape index (κ3) is 12.4. The minimum absolute atomic E-state index is 0. The van der Waals surface area contributed by atoms with Crippen LogP contribution in [0.5, 0.6) is 0 Å². The van der Waals surface area contributed by atoms with E-state index in [-0.39, 0.29) is 44.8 Å². The van der Waals surface area contributed by atoms with Gasteiger partial charge in [0.15, 0.2) is 9.84 Å². The molecule has 0 saturated carbocycles. The molecule has 86 valence electrons. The number of hydrogen-bond donors (Lipinski definition) is 2. The van der Waals surface area contributed by atoms with Crippen LogP contribution in [0.4, 0.5) is 0 Å². The van der Waals surface area contributed by atoms with Crippen molar-refractivity contribution in [3.05, 3.63) is 0 Å². The molecule has 0 unspecified atom stereocenters. The van der Waals surface area contributed by atoms with E-state index in [0.29, 0.717) is 0 Å². The van der Waals surface area contributed by atoms with E-state index in [1.165, 1.54) is 0 Å². The molecule has 0 aliphatic heterocycles. The van der Waals surface area contributed by atoms with Gasteiger partial charge in [-0.15, -0.1) is 0 Å². The van der Waals surface area contributed by atoms with Crippen LogP contribution < -0.4 is 0 Å². The molecule has 0 aliphatic rings. The van der Waals surface area contributed by atoms with Crippen LogP contribution >= 0.6 is 0 Å². The van der Waals surface area contributed by atoms with Crippen molar-refractivity contribution in [1.29, 1.82) is 0 Å². The van der Waals surface area contributed by atoms with Gasteiger partial charge in [-0.2, -0.15) is 0 Å². The predicted octanol–water partition coefficient (Wildman–Crippen LogP) is -1.43. The first-order valence-electron chi connectivity index (χ1n) is 2.47. The third-order valence-corrected chi connectivity index (χ3v) is 2.06. The maximum atomic E-state index is 10.5. The monoisotopic (exact) mass is 396 g/mol. The van der Waals surface area contributed by atoms with Gasteiger partial charge in [-0.1, -0.05) is 0 Å². The van der Waals surface area contributed by atoms with Gasteiger partial charge in [-0.25, -0.2) is 8.42 Å². The van der Waals surface area contributed by atoms with E-state index in [9.17, 15) is 18.0 Å². The Morgan fingerprint density at radius 3 is 1.31 bits per heavy atom. The number of carbonyl (C=O) groups is 2. The molecule has 0 fully saturated rings. The van der Waals surface area contributed by atoms with Gasteiger partial charge < -0.3 is 10.2 Å². The second kappa shape index (κ2) is 7.74. The van der Waals surface area contributed by atoms with E-state index < -0.39 is 33.3 Å². The number of aliphatic carboxylic acids is 2. The molecular formula is C4H6Ag2O6S. The molecule has 2 radical (unpaired) electrons. The van der Waals surface area contributed by atoms with Gasteiger partial charge in [0.2, 0.25) is 0 Å². The Morgan fingerprint density at radius 1 is 0.923 bits per heavy atom. The molecule has 0 rings (SSSR count). The van der Waals surface area contributed by atoms with Gasteiger partial charge in [0, 0.05) is 44.8 Å². The van der Waals surface area contributed by atoms with Crippen LogP contribution in [0.1, 0.15) is 0 Å². The average molecular weight is 398 g/mol. The first kappa shape index (κ1) is 19.0. The minimum atomic E-state index is -3.98. The predicted molar refractivity (Wildman–Crippen MR) is 33.9 cm³/mol. The Morgan fingerprint density at radius 2 is 1.15 bits per heavy atom. The summed E-state index contributed by atoms with van der Waals surface area (Å²) < 4.78 is 21.0. The number of rotatable bonds is 4. The Kier molecular flexibility index (Phi) is 11.3. The van der Waals surface area contributed by atoms with Crippen molar-refractivity contribution >= 4 is 21.8 Å². The zero-order chi connectivity index (χ0) is 9.07. The van der Waals surface area contributed by atoms with E-state index >= 15 is 0 Å². The normalized spacial score (nSPS) is 9.23. The third-order valence-electron chi connectivity index (χ3n) is 0.687. The Balaban J connectivity index is -0.000000500. The molecule has 13 heavy (non-hydrogen) atoms. The van der Waals surface area contributed by atoms with Gasteiger partial charge in [-0.05, 0) is 0 Å². The molecule has 0 heterocycles.